The summed E-state index contributed by atoms with van der Waals surface area (Å²) in [6.07, 6.45) is -1.60. The molecule has 2 N–H and O–H groups in total. The second kappa shape index (κ2) is 6.26. The summed E-state index contributed by atoms with van der Waals surface area (Å²) in [7, 11) is 1.65. The fraction of sp³-hybridized carbons (Fsp3) is 0.500. The van der Waals surface area contributed by atoms with Gasteiger partial charge in [-0.3, -0.25) is 4.79 Å². The number of aliphatic carboxylic acids is 1. The number of alkyl halides is 3. The van der Waals surface area contributed by atoms with Gasteiger partial charge in [0.15, 0.2) is 0 Å². The molecule has 0 saturated heterocycles. The molecular formula is C10H13F3N4O3. The lowest BCUT2D eigenvalue weighted by molar-refractivity contribution is -0.148. The predicted molar refractivity (Wildman–Crippen MR) is 60.7 cm³/mol. The zero-order chi connectivity index (χ0) is 15.3. The second-order valence-corrected chi connectivity index (χ2v) is 3.98. The van der Waals surface area contributed by atoms with Gasteiger partial charge in [0.2, 0.25) is 0 Å². The van der Waals surface area contributed by atoms with E-state index in [9.17, 15) is 22.8 Å². The van der Waals surface area contributed by atoms with Gasteiger partial charge in [-0.05, 0) is 0 Å². The molecule has 1 heterocycles. The molecule has 1 aromatic rings. The summed E-state index contributed by atoms with van der Waals surface area (Å²) in [5.41, 5.74) is 0. The molecule has 0 bridgehead atoms. The van der Waals surface area contributed by atoms with Crippen LogP contribution in [0.2, 0.25) is 0 Å². The molecule has 0 atom stereocenters. The van der Waals surface area contributed by atoms with Gasteiger partial charge >= 0.3 is 18.2 Å². The molecule has 1 aromatic heterocycles. The SMILES string of the molecule is Cn1ccnc1CNC(=O)N(CC(=O)O)CC(F)(F)F. The molecular weight excluding hydrogens is 281 g/mol. The molecule has 0 radical (unpaired) electrons. The molecule has 2 amide bonds. The fourth-order valence-corrected chi connectivity index (χ4v) is 1.41. The van der Waals surface area contributed by atoms with Crippen molar-refractivity contribution in [3.05, 3.63) is 18.2 Å². The van der Waals surface area contributed by atoms with Crippen LogP contribution in [0.5, 0.6) is 0 Å². The molecule has 0 aliphatic heterocycles. The first-order valence-electron chi connectivity index (χ1n) is 5.46. The van der Waals surface area contributed by atoms with Gasteiger partial charge in [-0.15, -0.1) is 0 Å². The van der Waals surface area contributed by atoms with E-state index in [-0.39, 0.29) is 11.4 Å². The third-order valence-corrected chi connectivity index (χ3v) is 2.30. The zero-order valence-corrected chi connectivity index (χ0v) is 10.5. The average Bonchev–Trinajstić information content (AvgIpc) is 2.68. The highest BCUT2D eigenvalue weighted by molar-refractivity contribution is 5.80. The lowest BCUT2D eigenvalue weighted by atomic mass is 10.4. The van der Waals surface area contributed by atoms with Crippen LogP contribution < -0.4 is 5.32 Å². The van der Waals surface area contributed by atoms with Crippen molar-refractivity contribution in [1.29, 1.82) is 0 Å². The third kappa shape index (κ3) is 5.16. The topological polar surface area (TPSA) is 87.5 Å². The molecule has 0 aliphatic rings. The number of carboxylic acids is 1. The van der Waals surface area contributed by atoms with Gasteiger partial charge in [-0.1, -0.05) is 0 Å². The summed E-state index contributed by atoms with van der Waals surface area (Å²) < 4.78 is 38.4. The Kier molecular flexibility index (Phi) is 4.94. The highest BCUT2D eigenvalue weighted by atomic mass is 19.4. The van der Waals surface area contributed by atoms with E-state index in [4.69, 9.17) is 5.11 Å². The quantitative estimate of drug-likeness (QED) is 0.831. The van der Waals surface area contributed by atoms with Crippen molar-refractivity contribution >= 4 is 12.0 Å². The van der Waals surface area contributed by atoms with Crippen molar-refractivity contribution in [2.45, 2.75) is 12.7 Å². The number of hydrogen-bond donors (Lipinski definition) is 2. The number of amides is 2. The number of halogens is 3. The Labute approximate surface area is 112 Å². The highest BCUT2D eigenvalue weighted by Gasteiger charge is 2.34. The summed E-state index contributed by atoms with van der Waals surface area (Å²) in [5.74, 6) is -1.10. The molecule has 0 aliphatic carbocycles. The number of aromatic nitrogens is 2. The van der Waals surface area contributed by atoms with Gasteiger partial charge in [-0.25, -0.2) is 9.78 Å². The average molecular weight is 294 g/mol. The van der Waals surface area contributed by atoms with Crippen LogP contribution in [0.15, 0.2) is 12.4 Å². The van der Waals surface area contributed by atoms with Gasteiger partial charge in [0.25, 0.3) is 0 Å². The number of rotatable bonds is 5. The lowest BCUT2D eigenvalue weighted by Gasteiger charge is -2.22. The Balaban J connectivity index is 2.63. The predicted octanol–water partition coefficient (Wildman–Crippen LogP) is 0.579. The van der Waals surface area contributed by atoms with E-state index in [1.807, 2.05) is 0 Å². The Hall–Kier alpha value is -2.26. The molecule has 20 heavy (non-hydrogen) atoms. The maximum atomic E-state index is 12.3. The summed E-state index contributed by atoms with van der Waals surface area (Å²) in [5, 5.41) is 10.7. The van der Waals surface area contributed by atoms with Gasteiger partial charge in [0.05, 0.1) is 6.54 Å². The van der Waals surface area contributed by atoms with E-state index in [1.165, 1.54) is 6.20 Å². The number of carboxylic acid groups (broad SMARTS) is 1. The molecule has 0 aromatic carbocycles. The van der Waals surface area contributed by atoms with Gasteiger partial charge < -0.3 is 19.9 Å². The minimum absolute atomic E-state index is 0.101. The van der Waals surface area contributed by atoms with Gasteiger partial charge in [0.1, 0.15) is 18.9 Å². The number of imidazole rings is 1. The van der Waals surface area contributed by atoms with Crippen LogP contribution in [-0.4, -0.2) is 50.8 Å². The standard InChI is InChI=1S/C10H13F3N4O3/c1-16-3-2-14-7(16)4-15-9(20)17(5-8(18)19)6-10(11,12)13/h2-3H,4-6H2,1H3,(H,15,20)(H,18,19). The van der Waals surface area contributed by atoms with E-state index in [0.29, 0.717) is 5.82 Å². The van der Waals surface area contributed by atoms with E-state index >= 15 is 0 Å². The Morgan fingerprint density at radius 3 is 2.60 bits per heavy atom. The maximum Gasteiger partial charge on any atom is 0.406 e. The number of hydrogen-bond acceptors (Lipinski definition) is 3. The number of aryl methyl sites for hydroxylation is 1. The molecule has 10 heteroatoms. The fourth-order valence-electron chi connectivity index (χ4n) is 1.41. The van der Waals surface area contributed by atoms with E-state index in [1.54, 1.807) is 17.8 Å². The van der Waals surface area contributed by atoms with Crippen LogP contribution in [0.25, 0.3) is 0 Å². The number of urea groups is 1. The summed E-state index contributed by atoms with van der Waals surface area (Å²) in [6.45, 7) is -2.77. The largest absolute Gasteiger partial charge is 0.480 e. The smallest absolute Gasteiger partial charge is 0.406 e. The minimum atomic E-state index is -4.67. The zero-order valence-electron chi connectivity index (χ0n) is 10.5. The Morgan fingerprint density at radius 2 is 2.15 bits per heavy atom. The first kappa shape index (κ1) is 15.8. The van der Waals surface area contributed by atoms with E-state index < -0.39 is 31.3 Å². The summed E-state index contributed by atoms with van der Waals surface area (Å²) in [4.78, 5) is 26.1. The molecule has 7 nitrogen and oxygen atoms in total. The van der Waals surface area contributed by atoms with E-state index in [2.05, 4.69) is 10.3 Å². The van der Waals surface area contributed by atoms with Crippen LogP contribution in [0.4, 0.5) is 18.0 Å². The Bertz CT molecular complexity index is 486. The minimum Gasteiger partial charge on any atom is -0.480 e. The van der Waals surface area contributed by atoms with Crippen LogP contribution in [-0.2, 0) is 18.4 Å². The van der Waals surface area contributed by atoms with E-state index in [0.717, 1.165) is 0 Å². The molecule has 0 fully saturated rings. The van der Waals surface area contributed by atoms with Crippen LogP contribution >= 0.6 is 0 Å². The third-order valence-electron chi connectivity index (χ3n) is 2.30. The number of nitrogens with one attached hydrogen (secondary N) is 1. The van der Waals surface area contributed by atoms with Crippen molar-refractivity contribution in [3.63, 3.8) is 0 Å². The number of nitrogens with zero attached hydrogens (tertiary/aromatic N) is 3. The summed E-state index contributed by atoms with van der Waals surface area (Å²) in [6, 6.07) is -1.12. The number of carbonyl (C=O) groups is 2. The first-order valence-corrected chi connectivity index (χ1v) is 5.46. The van der Waals surface area contributed by atoms with Gasteiger partial charge in [-0.2, -0.15) is 13.2 Å². The summed E-state index contributed by atoms with van der Waals surface area (Å²) >= 11 is 0. The van der Waals surface area contributed by atoms with Crippen molar-refractivity contribution in [3.8, 4) is 0 Å². The normalized spacial score (nSPS) is 11.2. The van der Waals surface area contributed by atoms with Crippen molar-refractivity contribution in [2.75, 3.05) is 13.1 Å². The molecule has 1 rings (SSSR count). The number of carbonyl (C=O) groups excluding carboxylic acids is 1. The van der Waals surface area contributed by atoms with Crippen LogP contribution in [0, 0.1) is 0 Å². The van der Waals surface area contributed by atoms with Crippen LogP contribution in [0.1, 0.15) is 5.82 Å². The molecule has 112 valence electrons. The van der Waals surface area contributed by atoms with Gasteiger partial charge in [0, 0.05) is 19.4 Å². The molecule has 0 spiro atoms. The molecule has 0 saturated carbocycles. The maximum absolute atomic E-state index is 12.3. The van der Waals surface area contributed by atoms with Crippen molar-refractivity contribution in [1.82, 2.24) is 19.8 Å². The lowest BCUT2D eigenvalue weighted by Crippen LogP contribution is -2.47. The highest BCUT2D eigenvalue weighted by Crippen LogP contribution is 2.16. The monoisotopic (exact) mass is 294 g/mol. The van der Waals surface area contributed by atoms with Crippen molar-refractivity contribution < 1.29 is 27.9 Å². The Morgan fingerprint density at radius 1 is 1.50 bits per heavy atom. The molecule has 0 unspecified atom stereocenters. The van der Waals surface area contributed by atoms with Crippen LogP contribution in [0.3, 0.4) is 0 Å². The second-order valence-electron chi connectivity index (χ2n) is 3.98. The van der Waals surface area contributed by atoms with Crippen molar-refractivity contribution in [2.24, 2.45) is 7.05 Å². The first-order chi connectivity index (χ1) is 9.19.